The number of fused-ring (bicyclic) bond motifs is 1. The highest BCUT2D eigenvalue weighted by atomic mass is 32.2. The molecule has 2 amide bonds. The Morgan fingerprint density at radius 3 is 2.74 bits per heavy atom. The number of rotatable bonds is 6. The van der Waals surface area contributed by atoms with Crippen LogP contribution in [0.2, 0.25) is 0 Å². The number of benzene rings is 1. The third-order valence-corrected chi connectivity index (χ3v) is 6.48. The second-order valence-corrected chi connectivity index (χ2v) is 8.76. The molecular weight excluding hydrogens is 390 g/mol. The lowest BCUT2D eigenvalue weighted by molar-refractivity contribution is 0.0421. The maximum atomic E-state index is 12.7. The minimum absolute atomic E-state index is 0.0457. The number of amides is 2. The van der Waals surface area contributed by atoms with Gasteiger partial charge in [-0.2, -0.15) is 8.75 Å². The number of sulfonamides is 1. The summed E-state index contributed by atoms with van der Waals surface area (Å²) in [5.41, 5.74) is 0.912. The molecule has 1 fully saturated rings. The Hall–Kier alpha value is -1.82. The summed E-state index contributed by atoms with van der Waals surface area (Å²) in [6, 6.07) is 4.78. The first-order chi connectivity index (χ1) is 12.9. The van der Waals surface area contributed by atoms with Crippen molar-refractivity contribution in [1.82, 2.24) is 23.3 Å². The fraction of sp³-hybridized carbons (Fsp3) is 0.562. The van der Waals surface area contributed by atoms with Crippen LogP contribution in [0.4, 0.5) is 4.79 Å². The lowest BCUT2D eigenvalue weighted by Crippen LogP contribution is -2.50. The zero-order chi connectivity index (χ0) is 19.4. The van der Waals surface area contributed by atoms with Gasteiger partial charge in [0.15, 0.2) is 0 Å². The summed E-state index contributed by atoms with van der Waals surface area (Å²) in [5.74, 6) is 0. The van der Waals surface area contributed by atoms with Crippen LogP contribution in [0.1, 0.15) is 12.8 Å². The summed E-state index contributed by atoms with van der Waals surface area (Å²) in [4.78, 5) is 15.9. The van der Waals surface area contributed by atoms with Crippen molar-refractivity contribution in [1.29, 1.82) is 0 Å². The van der Waals surface area contributed by atoms with Gasteiger partial charge in [0, 0.05) is 46.4 Å². The molecule has 2 aromatic rings. The van der Waals surface area contributed by atoms with E-state index in [1.54, 1.807) is 31.1 Å². The van der Waals surface area contributed by atoms with Gasteiger partial charge in [-0.05, 0) is 25.0 Å². The van der Waals surface area contributed by atoms with Crippen LogP contribution in [0, 0.1) is 0 Å². The van der Waals surface area contributed by atoms with Crippen molar-refractivity contribution in [2.75, 3.05) is 40.4 Å². The molecule has 0 unspecified atom stereocenters. The molecule has 0 bridgehead atoms. The van der Waals surface area contributed by atoms with Crippen LogP contribution in [0.25, 0.3) is 11.0 Å². The van der Waals surface area contributed by atoms with Crippen LogP contribution in [0.3, 0.4) is 0 Å². The maximum Gasteiger partial charge on any atom is 0.319 e. The molecule has 27 heavy (non-hydrogen) atoms. The molecule has 0 spiro atoms. The molecule has 1 saturated heterocycles. The third-order valence-electron chi connectivity index (χ3n) is 4.44. The van der Waals surface area contributed by atoms with Crippen molar-refractivity contribution in [3.05, 3.63) is 18.2 Å². The predicted octanol–water partition coefficient (Wildman–Crippen LogP) is 1.13. The third kappa shape index (κ3) is 4.54. The number of aromatic nitrogens is 2. The van der Waals surface area contributed by atoms with Crippen LogP contribution in [0.15, 0.2) is 23.1 Å². The minimum Gasteiger partial charge on any atom is -0.381 e. The number of hydrogen-bond acceptors (Lipinski definition) is 7. The Balaban J connectivity index is 1.70. The zero-order valence-corrected chi connectivity index (χ0v) is 16.9. The molecule has 0 atom stereocenters. The maximum absolute atomic E-state index is 12.7. The molecule has 0 saturated carbocycles. The van der Waals surface area contributed by atoms with Gasteiger partial charge in [0.05, 0.1) is 11.7 Å². The fourth-order valence-corrected chi connectivity index (χ4v) is 4.85. The van der Waals surface area contributed by atoms with Crippen molar-refractivity contribution < 1.29 is 17.9 Å². The average Bonchev–Trinajstić information content (AvgIpc) is 3.14. The van der Waals surface area contributed by atoms with Crippen LogP contribution in [-0.2, 0) is 14.8 Å². The molecule has 1 aliphatic rings. The average molecular weight is 414 g/mol. The first-order valence-corrected chi connectivity index (χ1v) is 10.9. The van der Waals surface area contributed by atoms with E-state index in [2.05, 4.69) is 13.5 Å². The molecule has 3 rings (SSSR count). The number of urea groups is 1. The van der Waals surface area contributed by atoms with Crippen LogP contribution in [0.5, 0.6) is 0 Å². The molecular formula is C16H23N5O4S2. The number of carbonyl (C=O) groups is 1. The summed E-state index contributed by atoms with van der Waals surface area (Å²) < 4.78 is 41.5. The van der Waals surface area contributed by atoms with Gasteiger partial charge in [0.25, 0.3) is 0 Å². The molecule has 1 aromatic carbocycles. The lowest BCUT2D eigenvalue weighted by atomic mass is 10.1. The van der Waals surface area contributed by atoms with E-state index in [1.807, 2.05) is 0 Å². The first kappa shape index (κ1) is 19.9. The summed E-state index contributed by atoms with van der Waals surface area (Å²) in [6.45, 7) is 1.61. The van der Waals surface area contributed by atoms with Gasteiger partial charge < -0.3 is 14.5 Å². The van der Waals surface area contributed by atoms with Crippen molar-refractivity contribution in [3.8, 4) is 0 Å². The number of carbonyl (C=O) groups excluding carboxylic acids is 1. The summed E-state index contributed by atoms with van der Waals surface area (Å²) in [6.07, 6.45) is 1.49. The van der Waals surface area contributed by atoms with Gasteiger partial charge >= 0.3 is 6.03 Å². The van der Waals surface area contributed by atoms with Crippen LogP contribution >= 0.6 is 11.7 Å². The second-order valence-electron chi connectivity index (χ2n) is 6.50. The van der Waals surface area contributed by atoms with Gasteiger partial charge in [-0.25, -0.2) is 17.9 Å². The van der Waals surface area contributed by atoms with E-state index in [4.69, 9.17) is 4.74 Å². The molecule has 148 valence electrons. The van der Waals surface area contributed by atoms with E-state index < -0.39 is 10.0 Å². The van der Waals surface area contributed by atoms with Crippen molar-refractivity contribution in [2.45, 2.75) is 23.8 Å². The van der Waals surface area contributed by atoms with E-state index >= 15 is 0 Å². The highest BCUT2D eigenvalue weighted by Gasteiger charge is 2.27. The van der Waals surface area contributed by atoms with E-state index in [9.17, 15) is 13.2 Å². The van der Waals surface area contributed by atoms with Gasteiger partial charge in [0.2, 0.25) is 10.0 Å². The Morgan fingerprint density at radius 1 is 1.30 bits per heavy atom. The number of ether oxygens (including phenoxy) is 1. The number of hydrogen-bond donors (Lipinski definition) is 1. The predicted molar refractivity (Wildman–Crippen MR) is 102 cm³/mol. The lowest BCUT2D eigenvalue weighted by Gasteiger charge is -2.36. The molecule has 1 aromatic heterocycles. The monoisotopic (exact) mass is 413 g/mol. The van der Waals surface area contributed by atoms with E-state index in [0.717, 1.165) is 24.6 Å². The highest BCUT2D eigenvalue weighted by molar-refractivity contribution is 7.89. The van der Waals surface area contributed by atoms with Gasteiger partial charge in [-0.15, -0.1) is 0 Å². The first-order valence-electron chi connectivity index (χ1n) is 8.67. The zero-order valence-electron chi connectivity index (χ0n) is 15.3. The molecule has 9 nitrogen and oxygen atoms in total. The molecule has 1 aliphatic heterocycles. The Bertz CT molecular complexity index is 893. The fourth-order valence-electron chi connectivity index (χ4n) is 3.06. The Labute approximate surface area is 162 Å². The standard InChI is InChI=1S/C16H23N5O4S2/c1-20(2)16(22)21(12-6-10-25-11-7-12)9-8-17-27(23,24)14-5-3-4-13-15(14)19-26-18-13/h3-5,12,17H,6-11H2,1-2H3. The smallest absolute Gasteiger partial charge is 0.319 e. The second kappa shape index (κ2) is 8.46. The topological polar surface area (TPSA) is 105 Å². The molecule has 0 aliphatic carbocycles. The highest BCUT2D eigenvalue weighted by Crippen LogP contribution is 2.21. The van der Waals surface area contributed by atoms with Gasteiger partial charge in [0.1, 0.15) is 15.9 Å². The van der Waals surface area contributed by atoms with E-state index in [0.29, 0.717) is 24.2 Å². The summed E-state index contributed by atoms with van der Waals surface area (Å²) >= 11 is 0.975. The molecule has 1 N–H and O–H groups in total. The Kier molecular flexibility index (Phi) is 6.25. The number of nitrogens with one attached hydrogen (secondary N) is 1. The molecule has 11 heteroatoms. The summed E-state index contributed by atoms with van der Waals surface area (Å²) in [7, 11) is -0.373. The van der Waals surface area contributed by atoms with Gasteiger partial charge in [-0.3, -0.25) is 0 Å². The molecule has 2 heterocycles. The minimum atomic E-state index is -3.75. The molecule has 0 radical (unpaired) electrons. The normalized spacial score (nSPS) is 15.8. The Morgan fingerprint density at radius 2 is 2.04 bits per heavy atom. The van der Waals surface area contributed by atoms with Crippen molar-refractivity contribution in [2.24, 2.45) is 0 Å². The van der Waals surface area contributed by atoms with E-state index in [1.165, 1.54) is 11.0 Å². The van der Waals surface area contributed by atoms with Gasteiger partial charge in [-0.1, -0.05) is 6.07 Å². The van der Waals surface area contributed by atoms with Crippen molar-refractivity contribution >= 4 is 38.8 Å². The number of nitrogens with zero attached hydrogens (tertiary/aromatic N) is 4. The quantitative estimate of drug-likeness (QED) is 0.761. The SMILES string of the molecule is CN(C)C(=O)N(CCNS(=O)(=O)c1cccc2nsnc12)C1CCOCC1. The summed E-state index contributed by atoms with van der Waals surface area (Å²) in [5, 5.41) is 0. The van der Waals surface area contributed by atoms with Crippen molar-refractivity contribution in [3.63, 3.8) is 0 Å². The van der Waals surface area contributed by atoms with Crippen LogP contribution in [-0.4, -0.2) is 79.4 Å². The largest absolute Gasteiger partial charge is 0.381 e. The van der Waals surface area contributed by atoms with E-state index in [-0.39, 0.29) is 30.1 Å². The van der Waals surface area contributed by atoms with Crippen LogP contribution < -0.4 is 4.72 Å².